The van der Waals surface area contributed by atoms with E-state index >= 15 is 0 Å². The molecule has 0 aliphatic carbocycles. The molecule has 0 unspecified atom stereocenters. The molecule has 27 heavy (non-hydrogen) atoms. The number of fused-ring (bicyclic) bond motifs is 1. The van der Waals surface area contributed by atoms with Crippen LogP contribution in [0.25, 0.3) is 0 Å². The van der Waals surface area contributed by atoms with Gasteiger partial charge in [-0.25, -0.2) is 4.79 Å². The van der Waals surface area contributed by atoms with Gasteiger partial charge in [0.05, 0.1) is 0 Å². The predicted molar refractivity (Wildman–Crippen MR) is 108 cm³/mol. The SMILES string of the molecule is CC(C)(C)NC(=O)[C@@H]1Cc2ccccc2CN1C(=O)Nc1cccc(Cl)c1. The highest BCUT2D eigenvalue weighted by atomic mass is 35.5. The van der Waals surface area contributed by atoms with Crippen molar-refractivity contribution in [3.05, 3.63) is 64.7 Å². The molecule has 3 amide bonds. The molecule has 1 heterocycles. The van der Waals surface area contributed by atoms with E-state index in [9.17, 15) is 9.59 Å². The number of hydrogen-bond acceptors (Lipinski definition) is 2. The molecule has 2 N–H and O–H groups in total. The second kappa shape index (κ2) is 7.61. The molecule has 0 bridgehead atoms. The lowest BCUT2D eigenvalue weighted by Crippen LogP contribution is -2.56. The number of benzene rings is 2. The number of carbonyl (C=O) groups is 2. The minimum Gasteiger partial charge on any atom is -0.350 e. The van der Waals surface area contributed by atoms with E-state index in [0.717, 1.165) is 11.1 Å². The number of anilines is 1. The van der Waals surface area contributed by atoms with Crippen LogP contribution in [0.5, 0.6) is 0 Å². The zero-order chi connectivity index (χ0) is 19.6. The quantitative estimate of drug-likeness (QED) is 0.813. The highest BCUT2D eigenvalue weighted by molar-refractivity contribution is 6.30. The van der Waals surface area contributed by atoms with Crippen molar-refractivity contribution < 1.29 is 9.59 Å². The Hall–Kier alpha value is -2.53. The lowest BCUT2D eigenvalue weighted by atomic mass is 9.93. The maximum absolute atomic E-state index is 13.0. The Bertz CT molecular complexity index is 861. The van der Waals surface area contributed by atoms with Gasteiger partial charge in [0.25, 0.3) is 0 Å². The van der Waals surface area contributed by atoms with Crippen LogP contribution < -0.4 is 10.6 Å². The monoisotopic (exact) mass is 385 g/mol. The van der Waals surface area contributed by atoms with Crippen molar-refractivity contribution in [3.8, 4) is 0 Å². The van der Waals surface area contributed by atoms with Crippen LogP contribution in [0.15, 0.2) is 48.5 Å². The Morgan fingerprint density at radius 1 is 1.07 bits per heavy atom. The highest BCUT2D eigenvalue weighted by Crippen LogP contribution is 2.25. The molecular formula is C21H24ClN3O2. The van der Waals surface area contributed by atoms with Crippen LogP contribution in [0, 0.1) is 0 Å². The normalized spacial score (nSPS) is 16.4. The van der Waals surface area contributed by atoms with Crippen molar-refractivity contribution >= 4 is 29.2 Å². The summed E-state index contributed by atoms with van der Waals surface area (Å²) in [7, 11) is 0. The molecule has 2 aromatic rings. The lowest BCUT2D eigenvalue weighted by molar-refractivity contribution is -0.127. The van der Waals surface area contributed by atoms with Crippen LogP contribution in [-0.2, 0) is 17.8 Å². The molecule has 0 aromatic heterocycles. The van der Waals surface area contributed by atoms with Gasteiger partial charge in [0.15, 0.2) is 0 Å². The van der Waals surface area contributed by atoms with Crippen molar-refractivity contribution in [1.29, 1.82) is 0 Å². The fraction of sp³-hybridized carbons (Fsp3) is 0.333. The molecule has 142 valence electrons. The summed E-state index contributed by atoms with van der Waals surface area (Å²) in [6.07, 6.45) is 0.487. The molecular weight excluding hydrogens is 362 g/mol. The van der Waals surface area contributed by atoms with Crippen LogP contribution >= 0.6 is 11.6 Å². The first-order valence-electron chi connectivity index (χ1n) is 8.95. The molecule has 5 nitrogen and oxygen atoms in total. The zero-order valence-electron chi connectivity index (χ0n) is 15.8. The fourth-order valence-corrected chi connectivity index (χ4v) is 3.38. The molecule has 0 saturated heterocycles. The lowest BCUT2D eigenvalue weighted by Gasteiger charge is -2.37. The summed E-state index contributed by atoms with van der Waals surface area (Å²) in [6, 6.07) is 14.0. The second-order valence-electron chi connectivity index (χ2n) is 7.80. The van der Waals surface area contributed by atoms with Gasteiger partial charge in [-0.05, 0) is 50.1 Å². The molecule has 1 aliphatic heterocycles. The third-order valence-corrected chi connectivity index (χ3v) is 4.62. The van der Waals surface area contributed by atoms with Gasteiger partial charge in [0.1, 0.15) is 6.04 Å². The average molecular weight is 386 g/mol. The zero-order valence-corrected chi connectivity index (χ0v) is 16.5. The summed E-state index contributed by atoms with van der Waals surface area (Å²) >= 11 is 6.00. The number of rotatable bonds is 2. The maximum Gasteiger partial charge on any atom is 0.322 e. The van der Waals surface area contributed by atoms with Crippen molar-refractivity contribution in [2.75, 3.05) is 5.32 Å². The molecule has 1 atom stereocenters. The molecule has 3 rings (SSSR count). The standard InChI is InChI=1S/C21H24ClN3O2/c1-21(2,3)24-19(26)18-11-14-7-4-5-8-15(14)13-25(18)20(27)23-17-10-6-9-16(22)12-17/h4-10,12,18H,11,13H2,1-3H3,(H,23,27)(H,24,26)/t18-/m0/s1. The van der Waals surface area contributed by atoms with Crippen molar-refractivity contribution in [2.24, 2.45) is 0 Å². The van der Waals surface area contributed by atoms with E-state index in [1.54, 1.807) is 29.2 Å². The fourth-order valence-electron chi connectivity index (χ4n) is 3.19. The van der Waals surface area contributed by atoms with Crippen LogP contribution in [-0.4, -0.2) is 28.4 Å². The van der Waals surface area contributed by atoms with Gasteiger partial charge < -0.3 is 15.5 Å². The molecule has 6 heteroatoms. The first-order valence-corrected chi connectivity index (χ1v) is 9.33. The maximum atomic E-state index is 13.0. The van der Waals surface area contributed by atoms with Crippen LogP contribution in [0.2, 0.25) is 5.02 Å². The second-order valence-corrected chi connectivity index (χ2v) is 8.23. The first-order chi connectivity index (χ1) is 12.7. The van der Waals surface area contributed by atoms with Crippen molar-refractivity contribution in [3.63, 3.8) is 0 Å². The van der Waals surface area contributed by atoms with Gasteiger partial charge in [-0.2, -0.15) is 0 Å². The Labute approximate surface area is 164 Å². The van der Waals surface area contributed by atoms with Crippen molar-refractivity contribution in [2.45, 2.75) is 45.3 Å². The van der Waals surface area contributed by atoms with Crippen LogP contribution in [0.1, 0.15) is 31.9 Å². The topological polar surface area (TPSA) is 61.4 Å². The van der Waals surface area contributed by atoms with Gasteiger partial charge in [0.2, 0.25) is 5.91 Å². The number of nitrogens with zero attached hydrogens (tertiary/aromatic N) is 1. The summed E-state index contributed by atoms with van der Waals surface area (Å²) in [6.45, 7) is 6.17. The number of urea groups is 1. The van der Waals surface area contributed by atoms with E-state index in [1.165, 1.54) is 0 Å². The molecule has 0 saturated carbocycles. The van der Waals surface area contributed by atoms with Gasteiger partial charge in [-0.3, -0.25) is 4.79 Å². The number of halogens is 1. The van der Waals surface area contributed by atoms with Crippen LogP contribution in [0.4, 0.5) is 10.5 Å². The highest BCUT2D eigenvalue weighted by Gasteiger charge is 2.35. The Morgan fingerprint density at radius 3 is 2.44 bits per heavy atom. The Balaban J connectivity index is 1.86. The van der Waals surface area contributed by atoms with Crippen molar-refractivity contribution in [1.82, 2.24) is 10.2 Å². The molecule has 1 aliphatic rings. The summed E-state index contributed by atoms with van der Waals surface area (Å²) in [5.41, 5.74) is 2.38. The average Bonchev–Trinajstić information content (AvgIpc) is 2.59. The van der Waals surface area contributed by atoms with Crippen LogP contribution in [0.3, 0.4) is 0 Å². The van der Waals surface area contributed by atoms with Gasteiger partial charge in [-0.15, -0.1) is 0 Å². The predicted octanol–water partition coefficient (Wildman–Crippen LogP) is 4.21. The molecule has 0 spiro atoms. The minimum absolute atomic E-state index is 0.154. The summed E-state index contributed by atoms with van der Waals surface area (Å²) in [5, 5.41) is 6.39. The van der Waals surface area contributed by atoms with E-state index in [1.807, 2.05) is 45.0 Å². The summed E-state index contributed by atoms with van der Waals surface area (Å²) < 4.78 is 0. The van der Waals surface area contributed by atoms with Gasteiger partial charge in [0, 0.05) is 29.2 Å². The minimum atomic E-state index is -0.571. The molecule has 0 fully saturated rings. The number of carbonyl (C=O) groups excluding carboxylic acids is 2. The third kappa shape index (κ3) is 4.80. The van der Waals surface area contributed by atoms with Gasteiger partial charge in [-0.1, -0.05) is 41.9 Å². The van der Waals surface area contributed by atoms with E-state index < -0.39 is 6.04 Å². The van der Waals surface area contributed by atoms with Gasteiger partial charge >= 0.3 is 6.03 Å². The number of hydrogen-bond donors (Lipinski definition) is 2. The Morgan fingerprint density at radius 2 is 1.78 bits per heavy atom. The molecule has 0 radical (unpaired) electrons. The number of amides is 3. The first kappa shape index (κ1) is 19.2. The Kier molecular flexibility index (Phi) is 5.42. The van der Waals surface area contributed by atoms with E-state index in [-0.39, 0.29) is 17.5 Å². The largest absolute Gasteiger partial charge is 0.350 e. The van der Waals surface area contributed by atoms with E-state index in [2.05, 4.69) is 10.6 Å². The summed E-state index contributed by atoms with van der Waals surface area (Å²) in [5.74, 6) is -0.154. The molecule has 2 aromatic carbocycles. The third-order valence-electron chi connectivity index (χ3n) is 4.39. The number of nitrogens with one attached hydrogen (secondary N) is 2. The van der Waals surface area contributed by atoms with E-state index in [4.69, 9.17) is 11.6 Å². The smallest absolute Gasteiger partial charge is 0.322 e. The summed E-state index contributed by atoms with van der Waals surface area (Å²) in [4.78, 5) is 27.4. The van der Waals surface area contributed by atoms with E-state index in [0.29, 0.717) is 23.7 Å².